The average Bonchev–Trinajstić information content (AvgIpc) is 2.90. The van der Waals surface area contributed by atoms with Crippen molar-refractivity contribution in [1.82, 2.24) is 15.2 Å². The molecule has 1 aromatic carbocycles. The summed E-state index contributed by atoms with van der Waals surface area (Å²) in [5, 5.41) is 8.49. The Hall–Kier alpha value is -2.69. The second-order valence-corrected chi connectivity index (χ2v) is 4.24. The molecule has 3 aromatic rings. The minimum Gasteiger partial charge on any atom is -0.351 e. The van der Waals surface area contributed by atoms with E-state index in [4.69, 9.17) is 0 Å². The Morgan fingerprint density at radius 3 is 2.79 bits per heavy atom. The van der Waals surface area contributed by atoms with Crippen LogP contribution in [0.15, 0.2) is 48.8 Å². The number of carbonyl (C=O) groups excluding carboxylic acids is 1. The molecule has 0 spiro atoms. The fourth-order valence-electron chi connectivity index (χ4n) is 1.97. The van der Waals surface area contributed by atoms with Crippen molar-refractivity contribution in [2.75, 3.05) is 11.9 Å². The van der Waals surface area contributed by atoms with Gasteiger partial charge in [-0.3, -0.25) is 4.79 Å². The van der Waals surface area contributed by atoms with Crippen molar-refractivity contribution in [1.29, 1.82) is 0 Å². The van der Waals surface area contributed by atoms with Crippen LogP contribution < -0.4 is 4.90 Å². The zero-order valence-electron chi connectivity index (χ0n) is 10.4. The van der Waals surface area contributed by atoms with Crippen molar-refractivity contribution in [2.45, 2.75) is 0 Å². The van der Waals surface area contributed by atoms with E-state index < -0.39 is 0 Å². The maximum atomic E-state index is 12.4. The van der Waals surface area contributed by atoms with Gasteiger partial charge >= 0.3 is 0 Å². The number of hydrogen-bond acceptors (Lipinski definition) is 3. The summed E-state index contributed by atoms with van der Waals surface area (Å²) >= 11 is 0. The van der Waals surface area contributed by atoms with Gasteiger partial charge in [-0.2, -0.15) is 10.2 Å². The number of nitrogens with zero attached hydrogens (tertiary/aromatic N) is 3. The molecule has 0 saturated heterocycles. The van der Waals surface area contributed by atoms with Gasteiger partial charge in [0.05, 0.1) is 18.1 Å². The molecule has 0 aliphatic rings. The number of fused-ring (bicyclic) bond motifs is 1. The third-order valence-electron chi connectivity index (χ3n) is 3.02. The van der Waals surface area contributed by atoms with Crippen molar-refractivity contribution in [3.05, 3.63) is 54.5 Å². The van der Waals surface area contributed by atoms with Gasteiger partial charge in [-0.05, 0) is 18.2 Å². The minimum atomic E-state index is -0.107. The second kappa shape index (κ2) is 4.53. The van der Waals surface area contributed by atoms with E-state index in [2.05, 4.69) is 15.2 Å². The highest BCUT2D eigenvalue weighted by Crippen LogP contribution is 2.18. The lowest BCUT2D eigenvalue weighted by atomic mass is 10.2. The van der Waals surface area contributed by atoms with Gasteiger partial charge in [0.25, 0.3) is 5.91 Å². The molecule has 0 radical (unpaired) electrons. The molecule has 0 unspecified atom stereocenters. The summed E-state index contributed by atoms with van der Waals surface area (Å²) in [6.45, 7) is 0. The highest BCUT2D eigenvalue weighted by atomic mass is 16.2. The Bertz CT molecular complexity index is 687. The number of carbonyl (C=O) groups is 1. The third-order valence-corrected chi connectivity index (χ3v) is 3.02. The first-order valence-corrected chi connectivity index (χ1v) is 5.88. The monoisotopic (exact) mass is 252 g/mol. The van der Waals surface area contributed by atoms with E-state index in [-0.39, 0.29) is 5.91 Å². The molecule has 0 aliphatic heterocycles. The van der Waals surface area contributed by atoms with Gasteiger partial charge in [0.15, 0.2) is 0 Å². The maximum Gasteiger partial charge on any atom is 0.274 e. The van der Waals surface area contributed by atoms with Crippen LogP contribution in [0.1, 0.15) is 10.5 Å². The van der Waals surface area contributed by atoms with E-state index >= 15 is 0 Å². The normalized spacial score (nSPS) is 10.6. The second-order valence-electron chi connectivity index (χ2n) is 4.24. The number of hydrogen-bond donors (Lipinski definition) is 1. The molecule has 1 N–H and O–H groups in total. The van der Waals surface area contributed by atoms with E-state index in [9.17, 15) is 4.79 Å². The number of aromatic amines is 1. The van der Waals surface area contributed by atoms with E-state index in [1.54, 1.807) is 30.4 Å². The lowest BCUT2D eigenvalue weighted by Crippen LogP contribution is -2.26. The number of para-hydroxylation sites is 1. The molecular formula is C14H12N4O. The molecule has 0 fully saturated rings. The van der Waals surface area contributed by atoms with Crippen LogP contribution in [0.3, 0.4) is 0 Å². The standard InChI is InChI=1S/C14H12N4O/c1-18(11-6-7-15-16-9-11)14(19)13-8-10-4-2-3-5-12(10)17-13/h2-9,17H,1H3. The molecule has 0 aliphatic carbocycles. The number of nitrogens with one attached hydrogen (secondary N) is 1. The van der Waals surface area contributed by atoms with Crippen molar-refractivity contribution < 1.29 is 4.79 Å². The fraction of sp³-hybridized carbons (Fsp3) is 0.0714. The molecule has 5 nitrogen and oxygen atoms in total. The fourth-order valence-corrected chi connectivity index (χ4v) is 1.97. The van der Waals surface area contributed by atoms with Crippen LogP contribution in [0, 0.1) is 0 Å². The molecule has 2 heterocycles. The summed E-state index contributed by atoms with van der Waals surface area (Å²) < 4.78 is 0. The molecule has 3 rings (SSSR count). The molecule has 0 saturated carbocycles. The number of aromatic nitrogens is 3. The van der Waals surface area contributed by atoms with Crippen molar-refractivity contribution in [2.24, 2.45) is 0 Å². The van der Waals surface area contributed by atoms with E-state index in [1.807, 2.05) is 30.3 Å². The van der Waals surface area contributed by atoms with Crippen LogP contribution in [-0.4, -0.2) is 28.1 Å². The first-order chi connectivity index (χ1) is 9.25. The summed E-state index contributed by atoms with van der Waals surface area (Å²) in [5.41, 5.74) is 2.21. The first-order valence-electron chi connectivity index (χ1n) is 5.88. The van der Waals surface area contributed by atoms with E-state index in [0.29, 0.717) is 11.4 Å². The topological polar surface area (TPSA) is 61.9 Å². The zero-order valence-corrected chi connectivity index (χ0v) is 10.4. The Kier molecular flexibility index (Phi) is 2.72. The lowest BCUT2D eigenvalue weighted by Gasteiger charge is -2.15. The summed E-state index contributed by atoms with van der Waals surface area (Å²) in [7, 11) is 1.71. The molecule has 5 heteroatoms. The van der Waals surface area contributed by atoms with Gasteiger partial charge in [-0.1, -0.05) is 18.2 Å². The molecule has 0 atom stereocenters. The highest BCUT2D eigenvalue weighted by molar-refractivity contribution is 6.07. The summed E-state index contributed by atoms with van der Waals surface area (Å²) in [6.07, 6.45) is 3.12. The van der Waals surface area contributed by atoms with Gasteiger partial charge in [-0.25, -0.2) is 0 Å². The quantitative estimate of drug-likeness (QED) is 0.760. The Balaban J connectivity index is 1.95. The zero-order chi connectivity index (χ0) is 13.2. The minimum absolute atomic E-state index is 0.107. The number of benzene rings is 1. The molecule has 19 heavy (non-hydrogen) atoms. The Morgan fingerprint density at radius 2 is 2.05 bits per heavy atom. The van der Waals surface area contributed by atoms with Gasteiger partial charge in [0.2, 0.25) is 0 Å². The summed E-state index contributed by atoms with van der Waals surface area (Å²) in [4.78, 5) is 17.0. The van der Waals surface area contributed by atoms with Crippen LogP contribution in [-0.2, 0) is 0 Å². The smallest absolute Gasteiger partial charge is 0.274 e. The maximum absolute atomic E-state index is 12.4. The van der Waals surface area contributed by atoms with Crippen molar-refractivity contribution in [3.8, 4) is 0 Å². The number of H-pyrrole nitrogens is 1. The van der Waals surface area contributed by atoms with E-state index in [0.717, 1.165) is 10.9 Å². The number of anilines is 1. The van der Waals surface area contributed by atoms with Crippen LogP contribution in [0.4, 0.5) is 5.69 Å². The van der Waals surface area contributed by atoms with Gasteiger partial charge in [0, 0.05) is 18.0 Å². The predicted molar refractivity (Wildman–Crippen MR) is 73.1 cm³/mol. The number of amides is 1. The van der Waals surface area contributed by atoms with Crippen LogP contribution in [0.5, 0.6) is 0 Å². The van der Waals surface area contributed by atoms with Gasteiger partial charge in [-0.15, -0.1) is 0 Å². The molecule has 0 bridgehead atoms. The SMILES string of the molecule is CN(C(=O)c1cc2ccccc2[nH]1)c1ccnnc1. The van der Waals surface area contributed by atoms with Gasteiger partial charge < -0.3 is 9.88 Å². The Morgan fingerprint density at radius 1 is 1.21 bits per heavy atom. The van der Waals surface area contributed by atoms with Crippen molar-refractivity contribution in [3.63, 3.8) is 0 Å². The summed E-state index contributed by atoms with van der Waals surface area (Å²) in [6, 6.07) is 11.4. The lowest BCUT2D eigenvalue weighted by molar-refractivity contribution is 0.0989. The van der Waals surface area contributed by atoms with Crippen LogP contribution in [0.2, 0.25) is 0 Å². The number of rotatable bonds is 2. The first kappa shape index (κ1) is 11.4. The predicted octanol–water partition coefficient (Wildman–Crippen LogP) is 2.23. The largest absolute Gasteiger partial charge is 0.351 e. The van der Waals surface area contributed by atoms with Crippen molar-refractivity contribution >= 4 is 22.5 Å². The molecule has 1 amide bonds. The average molecular weight is 252 g/mol. The Labute approximate surface area is 109 Å². The van der Waals surface area contributed by atoms with Crippen LogP contribution in [0.25, 0.3) is 10.9 Å². The summed E-state index contributed by atoms with van der Waals surface area (Å²) in [5.74, 6) is -0.107. The highest BCUT2D eigenvalue weighted by Gasteiger charge is 2.15. The molecule has 94 valence electrons. The van der Waals surface area contributed by atoms with Crippen LogP contribution >= 0.6 is 0 Å². The van der Waals surface area contributed by atoms with Gasteiger partial charge in [0.1, 0.15) is 5.69 Å². The molecular weight excluding hydrogens is 240 g/mol. The third kappa shape index (κ3) is 2.06. The molecule has 2 aromatic heterocycles. The van der Waals surface area contributed by atoms with E-state index in [1.165, 1.54) is 0 Å².